The minimum Gasteiger partial charge on any atom is -0.473 e. The maximum atomic E-state index is 13.6. The Labute approximate surface area is 116 Å². The molecule has 0 spiro atoms. The lowest BCUT2D eigenvalue weighted by molar-refractivity contribution is -0.390. The predicted molar refractivity (Wildman–Crippen MR) is 65.4 cm³/mol. The van der Waals surface area contributed by atoms with E-state index in [1.54, 1.807) is 6.92 Å². The molecule has 104 valence electrons. The SMILES string of the molecule is CCOC(=O)COc1c([N+](=O)[O-])nc(Br)c(F)c1C. The smallest absolute Gasteiger partial charge is 0.407 e. The Hall–Kier alpha value is -1.77. The first-order chi connectivity index (χ1) is 8.88. The summed E-state index contributed by atoms with van der Waals surface area (Å²) in [6, 6.07) is 0. The van der Waals surface area contributed by atoms with Gasteiger partial charge in [0.15, 0.2) is 12.4 Å². The number of hydrogen-bond acceptors (Lipinski definition) is 6. The van der Waals surface area contributed by atoms with Gasteiger partial charge in [0.1, 0.15) is 0 Å². The molecule has 1 heterocycles. The number of esters is 1. The Morgan fingerprint density at radius 2 is 2.21 bits per heavy atom. The maximum absolute atomic E-state index is 13.6. The molecule has 0 fully saturated rings. The van der Waals surface area contributed by atoms with Crippen molar-refractivity contribution in [3.05, 3.63) is 26.1 Å². The summed E-state index contributed by atoms with van der Waals surface area (Å²) < 4.78 is 22.8. The fraction of sp³-hybridized carbons (Fsp3) is 0.400. The molecule has 0 amide bonds. The van der Waals surface area contributed by atoms with Gasteiger partial charge in [-0.1, -0.05) is 0 Å². The van der Waals surface area contributed by atoms with E-state index in [4.69, 9.17) is 4.74 Å². The van der Waals surface area contributed by atoms with Crippen molar-refractivity contribution in [3.8, 4) is 5.75 Å². The summed E-state index contributed by atoms with van der Waals surface area (Å²) in [7, 11) is 0. The molecule has 0 aliphatic heterocycles. The standard InChI is InChI=1S/C10H10BrFN2O5/c1-3-18-6(15)4-19-8-5(2)7(12)9(11)13-10(8)14(16)17/h3-4H2,1-2H3. The first-order valence-electron chi connectivity index (χ1n) is 5.16. The van der Waals surface area contributed by atoms with Crippen molar-refractivity contribution in [2.24, 2.45) is 0 Å². The summed E-state index contributed by atoms with van der Waals surface area (Å²) in [5.41, 5.74) is -0.113. The normalized spacial score (nSPS) is 10.1. The fourth-order valence-electron chi connectivity index (χ4n) is 1.25. The average Bonchev–Trinajstić information content (AvgIpc) is 2.34. The van der Waals surface area contributed by atoms with Crippen LogP contribution in [0, 0.1) is 22.9 Å². The highest BCUT2D eigenvalue weighted by molar-refractivity contribution is 9.10. The zero-order valence-corrected chi connectivity index (χ0v) is 11.7. The number of nitro groups is 1. The van der Waals surface area contributed by atoms with Gasteiger partial charge in [-0.2, -0.15) is 0 Å². The zero-order chi connectivity index (χ0) is 14.6. The highest BCUT2D eigenvalue weighted by Gasteiger charge is 2.27. The summed E-state index contributed by atoms with van der Waals surface area (Å²) in [6.07, 6.45) is 0. The molecule has 0 aliphatic carbocycles. The van der Waals surface area contributed by atoms with Crippen LogP contribution in [0.3, 0.4) is 0 Å². The molecule has 9 heteroatoms. The molecular formula is C10H10BrFN2O5. The van der Waals surface area contributed by atoms with Gasteiger partial charge in [-0.3, -0.25) is 0 Å². The van der Waals surface area contributed by atoms with E-state index < -0.39 is 34.9 Å². The molecule has 0 N–H and O–H groups in total. The lowest BCUT2D eigenvalue weighted by Gasteiger charge is -2.09. The topological polar surface area (TPSA) is 91.6 Å². The summed E-state index contributed by atoms with van der Waals surface area (Å²) in [5.74, 6) is -2.56. The second-order valence-electron chi connectivity index (χ2n) is 3.35. The minimum absolute atomic E-state index is 0.113. The molecule has 1 aromatic heterocycles. The predicted octanol–water partition coefficient (Wildman–Crippen LogP) is 2.14. The molecule has 0 aliphatic rings. The first-order valence-corrected chi connectivity index (χ1v) is 5.96. The summed E-state index contributed by atoms with van der Waals surface area (Å²) in [5, 5.41) is 10.8. The van der Waals surface area contributed by atoms with E-state index in [9.17, 15) is 19.3 Å². The molecule has 19 heavy (non-hydrogen) atoms. The van der Waals surface area contributed by atoms with Crippen LogP contribution in [-0.2, 0) is 9.53 Å². The van der Waals surface area contributed by atoms with E-state index in [0.717, 1.165) is 0 Å². The van der Waals surface area contributed by atoms with Crippen molar-refractivity contribution in [2.45, 2.75) is 13.8 Å². The van der Waals surface area contributed by atoms with Crippen LogP contribution in [0.25, 0.3) is 0 Å². The summed E-state index contributed by atoms with van der Waals surface area (Å²) in [4.78, 5) is 24.5. The van der Waals surface area contributed by atoms with Gasteiger partial charge in [0, 0.05) is 21.5 Å². The number of hydrogen-bond donors (Lipinski definition) is 0. The number of rotatable bonds is 5. The van der Waals surface area contributed by atoms with E-state index >= 15 is 0 Å². The van der Waals surface area contributed by atoms with Crippen molar-refractivity contribution in [1.29, 1.82) is 0 Å². The quantitative estimate of drug-likeness (QED) is 0.354. The van der Waals surface area contributed by atoms with Crippen molar-refractivity contribution in [1.82, 2.24) is 4.98 Å². The zero-order valence-electron chi connectivity index (χ0n) is 10.1. The summed E-state index contributed by atoms with van der Waals surface area (Å²) in [6.45, 7) is 2.48. The van der Waals surface area contributed by atoms with Crippen LogP contribution in [0.1, 0.15) is 12.5 Å². The van der Waals surface area contributed by atoms with Crippen LogP contribution in [0.15, 0.2) is 4.60 Å². The number of halogens is 2. The Bertz CT molecular complexity index is 523. The van der Waals surface area contributed by atoms with Gasteiger partial charge in [0.25, 0.3) is 4.60 Å². The molecule has 0 saturated heterocycles. The number of pyridine rings is 1. The maximum Gasteiger partial charge on any atom is 0.407 e. The van der Waals surface area contributed by atoms with Crippen molar-refractivity contribution >= 4 is 27.7 Å². The third-order valence-corrected chi connectivity index (χ3v) is 2.60. The van der Waals surface area contributed by atoms with E-state index in [1.807, 2.05) is 0 Å². The molecule has 0 aromatic carbocycles. The van der Waals surface area contributed by atoms with Crippen LogP contribution < -0.4 is 4.74 Å². The monoisotopic (exact) mass is 336 g/mol. The first kappa shape index (κ1) is 15.3. The average molecular weight is 337 g/mol. The van der Waals surface area contributed by atoms with Gasteiger partial charge in [0.05, 0.1) is 6.61 Å². The molecule has 7 nitrogen and oxygen atoms in total. The van der Waals surface area contributed by atoms with Gasteiger partial charge >= 0.3 is 11.8 Å². The van der Waals surface area contributed by atoms with Gasteiger partial charge in [-0.05, 0) is 23.8 Å². The highest BCUT2D eigenvalue weighted by Crippen LogP contribution is 2.33. The number of carbonyl (C=O) groups excluding carboxylic acids is 1. The van der Waals surface area contributed by atoms with Gasteiger partial charge in [-0.25, -0.2) is 9.18 Å². The fourth-order valence-corrected chi connectivity index (χ4v) is 1.71. The van der Waals surface area contributed by atoms with Gasteiger partial charge < -0.3 is 19.6 Å². The second kappa shape index (κ2) is 6.41. The summed E-state index contributed by atoms with van der Waals surface area (Å²) >= 11 is 2.77. The molecule has 0 radical (unpaired) electrons. The van der Waals surface area contributed by atoms with Gasteiger partial charge in [-0.15, -0.1) is 0 Å². The molecule has 1 aromatic rings. The number of aromatic nitrogens is 1. The largest absolute Gasteiger partial charge is 0.473 e. The van der Waals surface area contributed by atoms with Crippen molar-refractivity contribution < 1.29 is 23.6 Å². The van der Waals surface area contributed by atoms with E-state index in [2.05, 4.69) is 25.7 Å². The Morgan fingerprint density at radius 1 is 1.58 bits per heavy atom. The molecule has 1 rings (SSSR count). The third-order valence-electron chi connectivity index (χ3n) is 2.07. The van der Waals surface area contributed by atoms with E-state index in [1.165, 1.54) is 6.92 Å². The Morgan fingerprint density at radius 3 is 2.74 bits per heavy atom. The molecule has 0 bridgehead atoms. The second-order valence-corrected chi connectivity index (χ2v) is 4.10. The lowest BCUT2D eigenvalue weighted by atomic mass is 10.2. The van der Waals surface area contributed by atoms with Crippen LogP contribution >= 0.6 is 15.9 Å². The number of nitrogens with zero attached hydrogens (tertiary/aromatic N) is 2. The minimum atomic E-state index is -0.822. The van der Waals surface area contributed by atoms with Crippen molar-refractivity contribution in [2.75, 3.05) is 13.2 Å². The molecule has 0 saturated carbocycles. The van der Waals surface area contributed by atoms with Crippen LogP contribution in [0.4, 0.5) is 10.2 Å². The van der Waals surface area contributed by atoms with E-state index in [-0.39, 0.29) is 16.8 Å². The van der Waals surface area contributed by atoms with Crippen LogP contribution in [-0.4, -0.2) is 29.1 Å². The third kappa shape index (κ3) is 3.60. The highest BCUT2D eigenvalue weighted by atomic mass is 79.9. The molecular weight excluding hydrogens is 327 g/mol. The number of carbonyl (C=O) groups is 1. The Balaban J connectivity index is 3.07. The van der Waals surface area contributed by atoms with Crippen molar-refractivity contribution in [3.63, 3.8) is 0 Å². The van der Waals surface area contributed by atoms with Crippen LogP contribution in [0.2, 0.25) is 0 Å². The van der Waals surface area contributed by atoms with Gasteiger partial charge in [0.2, 0.25) is 5.75 Å². The molecule has 0 unspecified atom stereocenters. The Kier molecular flexibility index (Phi) is 5.16. The van der Waals surface area contributed by atoms with E-state index in [0.29, 0.717) is 0 Å². The van der Waals surface area contributed by atoms with Crippen LogP contribution in [0.5, 0.6) is 5.75 Å². The number of ether oxygens (including phenoxy) is 2. The lowest BCUT2D eigenvalue weighted by Crippen LogP contribution is -2.16. The molecule has 0 atom stereocenters.